The number of esters is 2. The zero-order chi connectivity index (χ0) is 39.1. The molecule has 0 spiro atoms. The van der Waals surface area contributed by atoms with Gasteiger partial charge in [0, 0.05) is 109 Å². The van der Waals surface area contributed by atoms with Gasteiger partial charge in [-0.15, -0.1) is 0 Å². The summed E-state index contributed by atoms with van der Waals surface area (Å²) in [6.07, 6.45) is 4.60. The number of rotatable bonds is 35. The van der Waals surface area contributed by atoms with Gasteiger partial charge in [0.25, 0.3) is 0 Å². The molecule has 0 radical (unpaired) electrons. The molecule has 0 aliphatic rings. The predicted molar refractivity (Wildman–Crippen MR) is 189 cm³/mol. The Bertz CT molecular complexity index is 926. The van der Waals surface area contributed by atoms with E-state index in [4.69, 9.17) is 61.9 Å². The smallest absolute Gasteiger partial charge is 0.343 e. The minimum atomic E-state index is -1.04. The summed E-state index contributed by atoms with van der Waals surface area (Å²) in [7, 11) is 14.0. The van der Waals surface area contributed by atoms with E-state index in [1.807, 2.05) is 0 Å². The number of allylic oxidation sites excluding steroid dienone is 1. The second kappa shape index (κ2) is 30.1. The standard InChI is InChI=1S/C36H66O16/c1-40-18-14-34(23-44-5,15-19-41-2)27-50-33(39)30(22-32(38)51-52-36(29-48-9,16-20-42-3)17-21-43-4)12-10-11-13-31(37)49-28-35(24-45-6,25-46-7)26-47-8/h10-11,30H,12-29H2,1-9H3. The molecule has 0 aromatic rings. The Labute approximate surface area is 310 Å². The van der Waals surface area contributed by atoms with Crippen LogP contribution in [0, 0.1) is 16.7 Å². The highest BCUT2D eigenvalue weighted by Crippen LogP contribution is 2.30. The van der Waals surface area contributed by atoms with E-state index in [0.717, 1.165) is 0 Å². The molecule has 52 heavy (non-hydrogen) atoms. The van der Waals surface area contributed by atoms with Crippen LogP contribution in [0.25, 0.3) is 0 Å². The third-order valence-electron chi connectivity index (χ3n) is 8.40. The first kappa shape index (κ1) is 49.8. The van der Waals surface area contributed by atoms with Crippen molar-refractivity contribution in [3.63, 3.8) is 0 Å². The molecule has 0 aliphatic heterocycles. The van der Waals surface area contributed by atoms with Gasteiger partial charge in [-0.1, -0.05) is 12.2 Å². The second-order valence-electron chi connectivity index (χ2n) is 12.9. The maximum absolute atomic E-state index is 13.6. The Morgan fingerprint density at radius 1 is 0.500 bits per heavy atom. The van der Waals surface area contributed by atoms with Gasteiger partial charge >= 0.3 is 17.9 Å². The first-order valence-electron chi connectivity index (χ1n) is 17.3. The fourth-order valence-corrected chi connectivity index (χ4v) is 5.49. The summed E-state index contributed by atoms with van der Waals surface area (Å²) in [6, 6.07) is 0. The van der Waals surface area contributed by atoms with Crippen LogP contribution < -0.4 is 0 Å². The summed E-state index contributed by atoms with van der Waals surface area (Å²) in [6.45, 7) is 2.64. The van der Waals surface area contributed by atoms with Gasteiger partial charge in [0.2, 0.25) is 0 Å². The van der Waals surface area contributed by atoms with Gasteiger partial charge in [0.1, 0.15) is 12.2 Å². The Hall–Kier alpha value is -2.25. The quantitative estimate of drug-likeness (QED) is 0.0400. The van der Waals surface area contributed by atoms with Crippen molar-refractivity contribution in [3.05, 3.63) is 12.2 Å². The first-order chi connectivity index (χ1) is 25.0. The van der Waals surface area contributed by atoms with Crippen molar-refractivity contribution in [2.75, 3.05) is 137 Å². The van der Waals surface area contributed by atoms with Gasteiger partial charge in [-0.3, -0.25) is 14.5 Å². The summed E-state index contributed by atoms with van der Waals surface area (Å²) < 4.78 is 59.2. The lowest BCUT2D eigenvalue weighted by Crippen LogP contribution is -2.41. The van der Waals surface area contributed by atoms with Crippen molar-refractivity contribution in [2.45, 2.75) is 50.5 Å². The van der Waals surface area contributed by atoms with Crippen molar-refractivity contribution in [1.29, 1.82) is 0 Å². The van der Waals surface area contributed by atoms with E-state index >= 15 is 0 Å². The molecule has 0 saturated carbocycles. The van der Waals surface area contributed by atoms with Crippen LogP contribution in [-0.4, -0.2) is 160 Å². The highest BCUT2D eigenvalue weighted by Gasteiger charge is 2.37. The van der Waals surface area contributed by atoms with E-state index in [-0.39, 0.29) is 58.9 Å². The summed E-state index contributed by atoms with van der Waals surface area (Å²) in [4.78, 5) is 50.4. The summed E-state index contributed by atoms with van der Waals surface area (Å²) in [5, 5.41) is 0. The molecule has 1 atom stereocenters. The molecule has 0 bridgehead atoms. The van der Waals surface area contributed by atoms with Crippen molar-refractivity contribution in [1.82, 2.24) is 0 Å². The predicted octanol–water partition coefficient (Wildman–Crippen LogP) is 2.98. The molecule has 306 valence electrons. The number of hydrogen-bond donors (Lipinski definition) is 0. The number of ether oxygens (including phenoxy) is 11. The fourth-order valence-electron chi connectivity index (χ4n) is 5.49. The van der Waals surface area contributed by atoms with Crippen LogP contribution in [0.3, 0.4) is 0 Å². The third-order valence-corrected chi connectivity index (χ3v) is 8.40. The van der Waals surface area contributed by atoms with Gasteiger partial charge in [0.05, 0.1) is 63.8 Å². The van der Waals surface area contributed by atoms with Crippen LogP contribution in [0.4, 0.5) is 0 Å². The monoisotopic (exact) mass is 754 g/mol. The zero-order valence-electron chi connectivity index (χ0n) is 33.0. The van der Waals surface area contributed by atoms with E-state index in [2.05, 4.69) is 0 Å². The van der Waals surface area contributed by atoms with Crippen molar-refractivity contribution in [3.8, 4) is 0 Å². The molecule has 16 nitrogen and oxygen atoms in total. The van der Waals surface area contributed by atoms with Gasteiger partial charge < -0.3 is 52.1 Å². The number of carbonyl (C=O) groups is 3. The van der Waals surface area contributed by atoms with E-state index in [1.165, 1.54) is 7.11 Å². The second-order valence-corrected chi connectivity index (χ2v) is 12.9. The minimum absolute atomic E-state index is 0.00163. The molecule has 1 unspecified atom stereocenters. The first-order valence-corrected chi connectivity index (χ1v) is 17.3. The highest BCUT2D eigenvalue weighted by molar-refractivity contribution is 5.80. The van der Waals surface area contributed by atoms with Crippen LogP contribution in [0.1, 0.15) is 44.9 Å². The van der Waals surface area contributed by atoms with Crippen LogP contribution in [0.5, 0.6) is 0 Å². The van der Waals surface area contributed by atoms with E-state index in [1.54, 1.807) is 69.0 Å². The summed E-state index contributed by atoms with van der Waals surface area (Å²) in [5.74, 6) is -2.90. The third kappa shape index (κ3) is 20.8. The molecule has 0 fully saturated rings. The van der Waals surface area contributed by atoms with Crippen LogP contribution in [0.2, 0.25) is 0 Å². The molecule has 0 aliphatic carbocycles. The lowest BCUT2D eigenvalue weighted by atomic mass is 9.83. The van der Waals surface area contributed by atoms with Gasteiger partial charge in [0.15, 0.2) is 0 Å². The van der Waals surface area contributed by atoms with Crippen LogP contribution in [-0.2, 0) is 76.3 Å². The minimum Gasteiger partial charge on any atom is -0.465 e. The van der Waals surface area contributed by atoms with E-state index < -0.39 is 40.3 Å². The Morgan fingerprint density at radius 3 is 1.44 bits per heavy atom. The maximum atomic E-state index is 13.6. The molecule has 0 aromatic heterocycles. The van der Waals surface area contributed by atoms with E-state index in [0.29, 0.717) is 58.7 Å². The van der Waals surface area contributed by atoms with Crippen molar-refractivity contribution in [2.24, 2.45) is 16.7 Å². The largest absolute Gasteiger partial charge is 0.465 e. The molecule has 16 heteroatoms. The van der Waals surface area contributed by atoms with Crippen molar-refractivity contribution < 1.29 is 76.3 Å². The highest BCUT2D eigenvalue weighted by atomic mass is 17.2. The molecule has 0 N–H and O–H groups in total. The fraction of sp³-hybridized carbons (Fsp3) is 0.861. The summed E-state index contributed by atoms with van der Waals surface area (Å²) >= 11 is 0. The normalized spacial score (nSPS) is 13.0. The lowest BCUT2D eigenvalue weighted by molar-refractivity contribution is -0.346. The van der Waals surface area contributed by atoms with Gasteiger partial charge in [-0.25, -0.2) is 4.79 Å². The van der Waals surface area contributed by atoms with Crippen LogP contribution >= 0.6 is 0 Å². The average molecular weight is 755 g/mol. The van der Waals surface area contributed by atoms with Crippen molar-refractivity contribution >= 4 is 17.9 Å². The molecular weight excluding hydrogens is 688 g/mol. The summed E-state index contributed by atoms with van der Waals surface area (Å²) in [5.41, 5.74) is -2.30. The average Bonchev–Trinajstić information content (AvgIpc) is 3.13. The topological polar surface area (TPSA) is 171 Å². The Balaban J connectivity index is 5.95. The number of hydrogen-bond acceptors (Lipinski definition) is 16. The molecule has 0 heterocycles. The van der Waals surface area contributed by atoms with Crippen LogP contribution in [0.15, 0.2) is 12.2 Å². The number of methoxy groups -OCH3 is 9. The number of carbonyl (C=O) groups excluding carboxylic acids is 3. The molecule has 0 amide bonds. The van der Waals surface area contributed by atoms with E-state index in [9.17, 15) is 14.4 Å². The Morgan fingerprint density at radius 2 is 0.962 bits per heavy atom. The molecule has 0 saturated heterocycles. The molecule has 0 aromatic carbocycles. The Kier molecular flexibility index (Phi) is 28.8. The van der Waals surface area contributed by atoms with Gasteiger partial charge in [-0.2, -0.15) is 4.89 Å². The maximum Gasteiger partial charge on any atom is 0.343 e. The molecule has 0 rings (SSSR count). The molecular formula is C36H66O16. The lowest BCUT2D eigenvalue weighted by Gasteiger charge is -2.33. The van der Waals surface area contributed by atoms with Gasteiger partial charge in [-0.05, 0) is 19.3 Å². The SMILES string of the molecule is COCCC(CCOC)(COC)COC(=O)C(CC=CCC(=O)OCC(COC)(COC)COC)CC(=O)OOC(CCOC)(CCOC)COC. The zero-order valence-corrected chi connectivity index (χ0v) is 33.0.